The van der Waals surface area contributed by atoms with Gasteiger partial charge in [0.25, 0.3) is 15.9 Å². The number of nitrogens with one attached hydrogen (secondary N) is 4. The molecular formula is C39H49N7O8S. The standard InChI is InChI=1S/C39H49N7O8S/c1-2-27-21-39(27)36(49)45-55(51,52)33-18-10-9-16-29(33)41-20-11-5-3-4-6-17-30(42-37(50)53-28-14-7-8-15-28)35(48)46-25-38(23-32(46)34(47)43-39)22-31(44-54-38)26-13-12-19-40-24-26/h2,9-10,12-13,16,18-19,24,27-28,30,32,41H,1,3-8,11,14-15,17,20-23,25H2,(H,42,50)(H,43,47)(H,45,49)/t27-,30+,32+,38?,39-/m1/s1. The van der Waals surface area contributed by atoms with Crippen LogP contribution in [0.25, 0.3) is 0 Å². The molecule has 5 aliphatic rings. The summed E-state index contributed by atoms with van der Waals surface area (Å²) in [7, 11) is -4.37. The number of rotatable bonds is 4. The van der Waals surface area contributed by atoms with Gasteiger partial charge < -0.3 is 30.4 Å². The molecule has 0 bridgehead atoms. The first-order valence-electron chi connectivity index (χ1n) is 19.3. The number of nitrogens with zero attached hydrogens (tertiary/aromatic N) is 3. The molecule has 2 saturated carbocycles. The van der Waals surface area contributed by atoms with E-state index < -0.39 is 63.0 Å². The van der Waals surface area contributed by atoms with Crippen LogP contribution in [-0.4, -0.2) is 90.2 Å². The van der Waals surface area contributed by atoms with Crippen LogP contribution in [0.5, 0.6) is 0 Å². The van der Waals surface area contributed by atoms with E-state index in [1.165, 1.54) is 17.0 Å². The molecule has 3 fully saturated rings. The highest BCUT2D eigenvalue weighted by molar-refractivity contribution is 7.90. The minimum atomic E-state index is -4.37. The molecule has 1 aromatic carbocycles. The summed E-state index contributed by atoms with van der Waals surface area (Å²) in [6.07, 6.45) is 12.0. The average Bonchev–Trinajstić information content (AvgIpc) is 3.52. The molecule has 7 rings (SSSR count). The number of amides is 4. The number of carbonyl (C=O) groups is 4. The predicted octanol–water partition coefficient (Wildman–Crippen LogP) is 3.92. The van der Waals surface area contributed by atoms with Crippen molar-refractivity contribution in [3.05, 3.63) is 67.0 Å². The molecule has 4 heterocycles. The fraction of sp³-hybridized carbons (Fsp3) is 0.538. The quantitative estimate of drug-likeness (QED) is 0.331. The van der Waals surface area contributed by atoms with Gasteiger partial charge in [0, 0.05) is 43.3 Å². The van der Waals surface area contributed by atoms with Gasteiger partial charge in [-0.05, 0) is 69.2 Å². The predicted molar refractivity (Wildman–Crippen MR) is 202 cm³/mol. The fourth-order valence-corrected chi connectivity index (χ4v) is 9.51. The van der Waals surface area contributed by atoms with E-state index in [2.05, 4.69) is 37.4 Å². The van der Waals surface area contributed by atoms with Gasteiger partial charge in [-0.25, -0.2) is 17.9 Å². The Morgan fingerprint density at radius 2 is 1.76 bits per heavy atom. The highest BCUT2D eigenvalue weighted by atomic mass is 32.2. The van der Waals surface area contributed by atoms with E-state index in [0.717, 1.165) is 56.9 Å². The number of alkyl carbamates (subject to hydrolysis) is 1. The maximum atomic E-state index is 14.7. The maximum Gasteiger partial charge on any atom is 0.408 e. The van der Waals surface area contributed by atoms with E-state index >= 15 is 0 Å². The van der Waals surface area contributed by atoms with Crippen LogP contribution in [-0.2, 0) is 34.0 Å². The van der Waals surface area contributed by atoms with Gasteiger partial charge in [0.2, 0.25) is 11.8 Å². The first kappa shape index (κ1) is 38.3. The van der Waals surface area contributed by atoms with Gasteiger partial charge >= 0.3 is 6.09 Å². The Hall–Kier alpha value is -4.99. The lowest BCUT2D eigenvalue weighted by Crippen LogP contribution is -2.58. The summed E-state index contributed by atoms with van der Waals surface area (Å²) in [4.78, 5) is 67.9. The van der Waals surface area contributed by atoms with Crippen molar-refractivity contribution < 1.29 is 37.2 Å². The zero-order chi connectivity index (χ0) is 38.6. The minimum absolute atomic E-state index is 0.0186. The number of anilines is 1. The van der Waals surface area contributed by atoms with Crippen LogP contribution in [0.1, 0.15) is 89.0 Å². The second kappa shape index (κ2) is 16.0. The summed E-state index contributed by atoms with van der Waals surface area (Å²) in [5.74, 6) is -2.62. The van der Waals surface area contributed by atoms with E-state index in [0.29, 0.717) is 30.8 Å². The van der Waals surface area contributed by atoms with Crippen molar-refractivity contribution in [1.82, 2.24) is 25.2 Å². The zero-order valence-electron chi connectivity index (χ0n) is 30.8. The number of aromatic nitrogens is 1. The molecule has 4 N–H and O–H groups in total. The van der Waals surface area contributed by atoms with E-state index in [9.17, 15) is 27.6 Å². The number of para-hydroxylation sites is 1. The Morgan fingerprint density at radius 1 is 1.00 bits per heavy atom. The molecular weight excluding hydrogens is 727 g/mol. The monoisotopic (exact) mass is 775 g/mol. The van der Waals surface area contributed by atoms with Crippen molar-refractivity contribution in [2.75, 3.05) is 18.4 Å². The van der Waals surface area contributed by atoms with Gasteiger partial charge in [0.15, 0.2) is 5.60 Å². The Kier molecular flexibility index (Phi) is 11.1. The average molecular weight is 776 g/mol. The zero-order valence-corrected chi connectivity index (χ0v) is 31.7. The van der Waals surface area contributed by atoms with Gasteiger partial charge in [-0.2, -0.15) is 0 Å². The molecule has 15 nitrogen and oxygen atoms in total. The molecule has 3 aliphatic heterocycles. The summed E-state index contributed by atoms with van der Waals surface area (Å²) in [6.45, 7) is 4.30. The Labute approximate surface area is 321 Å². The number of hydrogen-bond donors (Lipinski definition) is 4. The van der Waals surface area contributed by atoms with Crippen LogP contribution < -0.4 is 20.7 Å². The van der Waals surface area contributed by atoms with Crippen molar-refractivity contribution in [2.45, 2.75) is 118 Å². The lowest BCUT2D eigenvalue weighted by atomic mass is 9.92. The van der Waals surface area contributed by atoms with Crippen molar-refractivity contribution >= 4 is 45.2 Å². The van der Waals surface area contributed by atoms with E-state index in [1.807, 2.05) is 6.07 Å². The highest BCUT2D eigenvalue weighted by Crippen LogP contribution is 2.46. The maximum absolute atomic E-state index is 14.7. The normalized spacial score (nSPS) is 30.2. The van der Waals surface area contributed by atoms with Crippen molar-refractivity contribution in [3.8, 4) is 0 Å². The first-order chi connectivity index (χ1) is 26.5. The van der Waals surface area contributed by atoms with Crippen LogP contribution in [0.2, 0.25) is 0 Å². The van der Waals surface area contributed by atoms with Crippen molar-refractivity contribution in [3.63, 3.8) is 0 Å². The smallest absolute Gasteiger partial charge is 0.408 e. The van der Waals surface area contributed by atoms with Gasteiger partial charge in [-0.1, -0.05) is 49.0 Å². The molecule has 294 valence electrons. The van der Waals surface area contributed by atoms with E-state index in [4.69, 9.17) is 9.57 Å². The molecule has 16 heteroatoms. The number of oxime groups is 1. The molecule has 1 saturated heterocycles. The van der Waals surface area contributed by atoms with Gasteiger partial charge in [-0.15, -0.1) is 6.58 Å². The molecule has 2 spiro atoms. The number of fused-ring (bicyclic) bond motifs is 2. The molecule has 2 aromatic rings. The second-order valence-electron chi connectivity index (χ2n) is 15.3. The number of carbonyl (C=O) groups excluding carboxylic acids is 4. The summed E-state index contributed by atoms with van der Waals surface area (Å²) in [6, 6.07) is 7.85. The number of ether oxygens (including phenoxy) is 1. The topological polar surface area (TPSA) is 197 Å². The highest BCUT2D eigenvalue weighted by Gasteiger charge is 2.63. The molecule has 4 amide bonds. The second-order valence-corrected chi connectivity index (χ2v) is 17.0. The summed E-state index contributed by atoms with van der Waals surface area (Å²) in [5.41, 5.74) is -0.998. The molecule has 0 radical (unpaired) electrons. The molecule has 55 heavy (non-hydrogen) atoms. The third-order valence-electron chi connectivity index (χ3n) is 11.4. The Bertz CT molecular complexity index is 1940. The van der Waals surface area contributed by atoms with Crippen LogP contribution in [0.4, 0.5) is 10.5 Å². The van der Waals surface area contributed by atoms with Gasteiger partial charge in [0.1, 0.15) is 28.6 Å². The lowest BCUT2D eigenvalue weighted by Gasteiger charge is -2.30. The number of hydrogen-bond acceptors (Lipinski definition) is 11. The van der Waals surface area contributed by atoms with Crippen LogP contribution in [0, 0.1) is 5.92 Å². The van der Waals surface area contributed by atoms with Crippen molar-refractivity contribution in [2.24, 2.45) is 11.1 Å². The number of benzene rings is 1. The minimum Gasteiger partial charge on any atom is -0.446 e. The third kappa shape index (κ3) is 8.33. The summed E-state index contributed by atoms with van der Waals surface area (Å²) >= 11 is 0. The van der Waals surface area contributed by atoms with Crippen LogP contribution in [0.3, 0.4) is 0 Å². The third-order valence-corrected chi connectivity index (χ3v) is 12.8. The fourth-order valence-electron chi connectivity index (χ4n) is 8.29. The Balaban J connectivity index is 1.19. The first-order valence-corrected chi connectivity index (χ1v) is 20.8. The molecule has 2 aliphatic carbocycles. The number of pyridine rings is 1. The SMILES string of the molecule is C=C[C@@H]1C[C@@]12NC(=O)[C@@H]1CC3(CC(c4cccnc4)=NO3)CN1C(=O)[C@@H](NC(=O)OC1CCCC1)CCCCCCCNc1ccccc1S(=O)(=O)NC2=O. The summed E-state index contributed by atoms with van der Waals surface area (Å²) in [5, 5.41) is 13.2. The lowest BCUT2D eigenvalue weighted by molar-refractivity contribution is -0.141. The van der Waals surface area contributed by atoms with Crippen molar-refractivity contribution in [1.29, 1.82) is 0 Å². The van der Waals surface area contributed by atoms with Crippen LogP contribution in [0.15, 0.2) is 71.5 Å². The molecule has 5 atom stereocenters. The van der Waals surface area contributed by atoms with E-state index in [-0.39, 0.29) is 36.8 Å². The van der Waals surface area contributed by atoms with Crippen LogP contribution >= 0.6 is 0 Å². The van der Waals surface area contributed by atoms with Gasteiger partial charge in [-0.3, -0.25) is 19.4 Å². The van der Waals surface area contributed by atoms with E-state index in [1.54, 1.807) is 36.7 Å². The largest absolute Gasteiger partial charge is 0.446 e. The van der Waals surface area contributed by atoms with Gasteiger partial charge in [0.05, 0.1) is 17.9 Å². The summed E-state index contributed by atoms with van der Waals surface area (Å²) < 4.78 is 35.3. The number of sulfonamides is 1. The molecule has 1 aromatic heterocycles. The Morgan fingerprint density at radius 3 is 2.53 bits per heavy atom. The molecule has 1 unspecified atom stereocenters.